The lowest BCUT2D eigenvalue weighted by molar-refractivity contribution is -0.137. The van der Waals surface area contributed by atoms with Crippen molar-refractivity contribution < 1.29 is 19.1 Å². The molecule has 0 aromatic heterocycles. The lowest BCUT2D eigenvalue weighted by atomic mass is 9.93. The van der Waals surface area contributed by atoms with Gasteiger partial charge in [-0.2, -0.15) is 0 Å². The van der Waals surface area contributed by atoms with Crippen LogP contribution in [-0.4, -0.2) is 36.2 Å². The number of allylic oxidation sites excluding steroid dienone is 2. The molecule has 0 amide bonds. The number of carbonyl (C=O) groups is 2. The van der Waals surface area contributed by atoms with Crippen LogP contribution in [0.15, 0.2) is 51.1 Å². The van der Waals surface area contributed by atoms with Gasteiger partial charge in [0.25, 0.3) is 0 Å². The highest BCUT2D eigenvalue weighted by Crippen LogP contribution is 2.47. The van der Waals surface area contributed by atoms with Crippen molar-refractivity contribution in [2.24, 2.45) is 4.99 Å². The number of carbonyl (C=O) groups excluding carboxylic acids is 2. The van der Waals surface area contributed by atoms with Gasteiger partial charge < -0.3 is 14.4 Å². The zero-order valence-electron chi connectivity index (χ0n) is 15.3. The lowest BCUT2D eigenvalue weighted by Crippen LogP contribution is -2.36. The Bertz CT molecular complexity index is 868. The van der Waals surface area contributed by atoms with Crippen LogP contribution < -0.4 is 0 Å². The number of benzene rings is 1. The van der Waals surface area contributed by atoms with Crippen molar-refractivity contribution in [2.45, 2.75) is 26.8 Å². The zero-order valence-corrected chi connectivity index (χ0v) is 16.1. The average Bonchev–Trinajstić information content (AvgIpc) is 2.96. The smallest absolute Gasteiger partial charge is 0.346 e. The highest BCUT2D eigenvalue weighted by atomic mass is 32.2. The molecule has 0 saturated carbocycles. The van der Waals surface area contributed by atoms with E-state index in [4.69, 9.17) is 9.47 Å². The first-order chi connectivity index (χ1) is 12.4. The zero-order chi connectivity index (χ0) is 19.0. The van der Waals surface area contributed by atoms with Gasteiger partial charge in [-0.05, 0) is 38.1 Å². The van der Waals surface area contributed by atoms with E-state index in [0.29, 0.717) is 27.0 Å². The van der Waals surface area contributed by atoms with E-state index in [1.807, 2.05) is 43.0 Å². The van der Waals surface area contributed by atoms with Gasteiger partial charge in [0.1, 0.15) is 4.91 Å². The molecular weight excluding hydrogens is 352 g/mol. The summed E-state index contributed by atoms with van der Waals surface area (Å²) in [6.45, 7) is 5.62. The van der Waals surface area contributed by atoms with Crippen LogP contribution in [0.5, 0.6) is 0 Å². The topological polar surface area (TPSA) is 68.2 Å². The van der Waals surface area contributed by atoms with Crippen molar-refractivity contribution in [1.29, 1.82) is 0 Å². The van der Waals surface area contributed by atoms with E-state index in [-0.39, 0.29) is 0 Å². The third-order valence-corrected chi connectivity index (χ3v) is 5.58. The molecule has 2 aliphatic rings. The summed E-state index contributed by atoms with van der Waals surface area (Å²) in [6, 6.07) is 7.54. The van der Waals surface area contributed by atoms with Crippen molar-refractivity contribution in [2.75, 3.05) is 14.2 Å². The third-order valence-electron chi connectivity index (χ3n) is 4.44. The van der Waals surface area contributed by atoms with Gasteiger partial charge in [-0.1, -0.05) is 29.8 Å². The number of hydrogen-bond donors (Lipinski definition) is 0. The maximum absolute atomic E-state index is 12.5. The lowest BCUT2D eigenvalue weighted by Gasteiger charge is -2.35. The molecule has 0 radical (unpaired) electrons. The van der Waals surface area contributed by atoms with Gasteiger partial charge in [0, 0.05) is 5.70 Å². The van der Waals surface area contributed by atoms with Gasteiger partial charge in [-0.3, -0.25) is 0 Å². The van der Waals surface area contributed by atoms with Crippen LogP contribution in [0.2, 0.25) is 0 Å². The summed E-state index contributed by atoms with van der Waals surface area (Å²) in [6.07, 6.45) is 0. The summed E-state index contributed by atoms with van der Waals surface area (Å²) in [4.78, 5) is 31.5. The number of hydrogen-bond acceptors (Lipinski definition) is 7. The standard InChI is InChI=1S/C19H20N2O4S/c1-10-6-8-13(9-7-10)15-14(17(22)24-4)11(2)20-19-21(15)12(3)16(26-19)18(23)25-5/h6-9,15H,1-5H3/t15-/m0/s1. The van der Waals surface area contributed by atoms with Gasteiger partial charge in [0.15, 0.2) is 5.17 Å². The number of aliphatic imine (C=N–C) groups is 1. The maximum Gasteiger partial charge on any atom is 0.346 e. The van der Waals surface area contributed by atoms with E-state index < -0.39 is 18.0 Å². The van der Waals surface area contributed by atoms with Crippen LogP contribution in [0.4, 0.5) is 0 Å². The second-order valence-electron chi connectivity index (χ2n) is 6.08. The Hall–Kier alpha value is -2.54. The van der Waals surface area contributed by atoms with Gasteiger partial charge in [0.2, 0.25) is 0 Å². The fourth-order valence-electron chi connectivity index (χ4n) is 3.09. The molecule has 0 N–H and O–H groups in total. The molecule has 6 nitrogen and oxygen atoms in total. The molecule has 1 aromatic carbocycles. The Morgan fingerprint density at radius 1 is 1.04 bits per heavy atom. The van der Waals surface area contributed by atoms with Gasteiger partial charge in [0.05, 0.1) is 31.5 Å². The fraction of sp³-hybridized carbons (Fsp3) is 0.316. The predicted octanol–water partition coefficient (Wildman–Crippen LogP) is 3.31. The minimum absolute atomic E-state index is 0.412. The molecule has 0 saturated heterocycles. The first-order valence-electron chi connectivity index (χ1n) is 8.09. The summed E-state index contributed by atoms with van der Waals surface area (Å²) < 4.78 is 9.89. The van der Waals surface area contributed by atoms with Crippen molar-refractivity contribution in [3.8, 4) is 0 Å². The third kappa shape index (κ3) is 2.92. The normalized spacial score (nSPS) is 19.3. The monoisotopic (exact) mass is 372 g/mol. The number of nitrogens with zero attached hydrogens (tertiary/aromatic N) is 2. The molecule has 0 fully saturated rings. The van der Waals surface area contributed by atoms with Crippen LogP contribution in [0.1, 0.15) is 31.0 Å². The summed E-state index contributed by atoms with van der Waals surface area (Å²) in [5, 5.41) is 0.652. The van der Waals surface area contributed by atoms with Gasteiger partial charge in [-0.25, -0.2) is 14.6 Å². The Morgan fingerprint density at radius 3 is 2.23 bits per heavy atom. The van der Waals surface area contributed by atoms with Crippen molar-refractivity contribution >= 4 is 28.9 Å². The van der Waals surface area contributed by atoms with Crippen LogP contribution in [0.3, 0.4) is 0 Å². The van der Waals surface area contributed by atoms with Crippen LogP contribution in [0.25, 0.3) is 0 Å². The minimum Gasteiger partial charge on any atom is -0.466 e. The van der Waals surface area contributed by atoms with E-state index in [0.717, 1.165) is 11.1 Å². The van der Waals surface area contributed by atoms with E-state index in [1.165, 1.54) is 26.0 Å². The Morgan fingerprint density at radius 2 is 1.65 bits per heavy atom. The van der Waals surface area contributed by atoms with E-state index >= 15 is 0 Å². The molecule has 0 aliphatic carbocycles. The molecule has 0 spiro atoms. The average molecular weight is 372 g/mol. The summed E-state index contributed by atoms with van der Waals surface area (Å²) >= 11 is 1.26. The summed E-state index contributed by atoms with van der Waals surface area (Å²) in [5.41, 5.74) is 3.80. The number of thioether (sulfide) groups is 1. The highest BCUT2D eigenvalue weighted by Gasteiger charge is 2.43. The number of aryl methyl sites for hydroxylation is 1. The van der Waals surface area contributed by atoms with Crippen molar-refractivity contribution in [3.05, 3.63) is 57.3 Å². The van der Waals surface area contributed by atoms with Gasteiger partial charge in [-0.15, -0.1) is 0 Å². The maximum atomic E-state index is 12.5. The fourth-order valence-corrected chi connectivity index (χ4v) is 4.21. The first-order valence-corrected chi connectivity index (χ1v) is 8.91. The molecule has 1 aromatic rings. The first kappa shape index (κ1) is 18.3. The summed E-state index contributed by atoms with van der Waals surface area (Å²) in [5.74, 6) is -0.843. The number of ether oxygens (including phenoxy) is 2. The number of methoxy groups -OCH3 is 2. The predicted molar refractivity (Wildman–Crippen MR) is 100 cm³/mol. The quantitative estimate of drug-likeness (QED) is 0.759. The molecule has 0 bridgehead atoms. The molecule has 3 rings (SSSR count). The largest absolute Gasteiger partial charge is 0.466 e. The SMILES string of the molecule is COC(=O)C1=C(C)N2C(=NC(C)=C(C(=O)OC)[C@@H]2c2ccc(C)cc2)S1. The Labute approximate surface area is 156 Å². The van der Waals surface area contributed by atoms with Crippen molar-refractivity contribution in [1.82, 2.24) is 4.90 Å². The van der Waals surface area contributed by atoms with E-state index in [1.54, 1.807) is 6.92 Å². The molecule has 1 atom stereocenters. The van der Waals surface area contributed by atoms with Crippen LogP contribution >= 0.6 is 11.8 Å². The Kier molecular flexibility index (Phi) is 4.91. The number of amidine groups is 1. The highest BCUT2D eigenvalue weighted by molar-refractivity contribution is 8.18. The van der Waals surface area contributed by atoms with Gasteiger partial charge >= 0.3 is 11.9 Å². The van der Waals surface area contributed by atoms with Crippen LogP contribution in [0, 0.1) is 6.92 Å². The summed E-state index contributed by atoms with van der Waals surface area (Å²) in [7, 11) is 2.71. The Balaban J connectivity index is 2.18. The van der Waals surface area contributed by atoms with Crippen LogP contribution in [-0.2, 0) is 19.1 Å². The number of fused-ring (bicyclic) bond motifs is 1. The van der Waals surface area contributed by atoms with E-state index in [2.05, 4.69) is 4.99 Å². The molecular formula is C19H20N2O4S. The molecule has 26 heavy (non-hydrogen) atoms. The number of rotatable bonds is 3. The second kappa shape index (κ2) is 6.99. The molecule has 2 heterocycles. The molecule has 2 aliphatic heterocycles. The van der Waals surface area contributed by atoms with Crippen molar-refractivity contribution in [3.63, 3.8) is 0 Å². The molecule has 7 heteroatoms. The molecule has 136 valence electrons. The second-order valence-corrected chi connectivity index (χ2v) is 7.05. The minimum atomic E-state index is -0.430. The van der Waals surface area contributed by atoms with E-state index in [9.17, 15) is 9.59 Å². The number of esters is 2. The molecule has 0 unspecified atom stereocenters.